The van der Waals surface area contributed by atoms with Crippen LogP contribution in [-0.4, -0.2) is 38.2 Å². The first kappa shape index (κ1) is 11.8. The van der Waals surface area contributed by atoms with Crippen molar-refractivity contribution in [1.29, 1.82) is 0 Å². The molecule has 3 nitrogen and oxygen atoms in total. The van der Waals surface area contributed by atoms with Crippen LogP contribution in [0.25, 0.3) is 0 Å². The van der Waals surface area contributed by atoms with Crippen molar-refractivity contribution in [3.05, 3.63) is 23.8 Å². The van der Waals surface area contributed by atoms with E-state index in [2.05, 4.69) is 29.4 Å². The zero-order valence-electron chi connectivity index (χ0n) is 11.3. The van der Waals surface area contributed by atoms with Crippen molar-refractivity contribution < 1.29 is 4.74 Å². The summed E-state index contributed by atoms with van der Waals surface area (Å²) in [5, 5.41) is 3.52. The number of nitrogens with zero attached hydrogens (tertiary/aromatic N) is 1. The van der Waals surface area contributed by atoms with Crippen LogP contribution >= 0.6 is 0 Å². The highest BCUT2D eigenvalue weighted by atomic mass is 16.5. The van der Waals surface area contributed by atoms with Gasteiger partial charge in [0.1, 0.15) is 5.75 Å². The average Bonchev–Trinajstić information content (AvgIpc) is 2.97. The fraction of sp³-hybridized carbons (Fsp3) is 0.600. The third-order valence-corrected chi connectivity index (χ3v) is 4.47. The van der Waals surface area contributed by atoms with E-state index in [4.69, 9.17) is 4.74 Å². The van der Waals surface area contributed by atoms with Crippen LogP contribution in [-0.2, 0) is 0 Å². The first-order chi connectivity index (χ1) is 8.78. The monoisotopic (exact) mass is 246 g/mol. The number of ether oxygens (including phenoxy) is 1. The van der Waals surface area contributed by atoms with Crippen molar-refractivity contribution in [3.8, 4) is 5.75 Å². The van der Waals surface area contributed by atoms with Crippen molar-refractivity contribution in [2.45, 2.75) is 31.2 Å². The third-order valence-electron chi connectivity index (χ3n) is 4.47. The molecular weight excluding hydrogens is 224 g/mol. The minimum atomic E-state index is 0.639. The van der Waals surface area contributed by atoms with E-state index in [0.29, 0.717) is 5.92 Å². The molecule has 18 heavy (non-hydrogen) atoms. The summed E-state index contributed by atoms with van der Waals surface area (Å²) in [4.78, 5) is 2.51. The normalized spacial score (nSPS) is 27.0. The molecule has 0 amide bonds. The van der Waals surface area contributed by atoms with Gasteiger partial charge in [-0.25, -0.2) is 0 Å². The minimum absolute atomic E-state index is 0.639. The molecule has 1 aromatic carbocycles. The molecule has 0 saturated carbocycles. The number of anilines is 1. The summed E-state index contributed by atoms with van der Waals surface area (Å²) in [6.07, 6.45) is 3.97. The van der Waals surface area contributed by atoms with E-state index in [1.807, 2.05) is 6.07 Å². The number of nitrogens with one attached hydrogen (secondary N) is 1. The Kier molecular flexibility index (Phi) is 3.16. The highest BCUT2D eigenvalue weighted by Crippen LogP contribution is 2.38. The molecule has 1 fully saturated rings. The predicted molar refractivity (Wildman–Crippen MR) is 74.5 cm³/mol. The first-order valence-corrected chi connectivity index (χ1v) is 6.90. The lowest BCUT2D eigenvalue weighted by Gasteiger charge is -2.22. The number of rotatable bonds is 3. The smallest absolute Gasteiger partial charge is 0.119 e. The van der Waals surface area contributed by atoms with Gasteiger partial charge in [0, 0.05) is 24.2 Å². The van der Waals surface area contributed by atoms with E-state index in [0.717, 1.165) is 18.3 Å². The Morgan fingerprint density at radius 2 is 2.33 bits per heavy atom. The lowest BCUT2D eigenvalue weighted by molar-refractivity contribution is 0.285. The maximum absolute atomic E-state index is 5.34. The van der Waals surface area contributed by atoms with Crippen LogP contribution in [0.2, 0.25) is 0 Å². The third kappa shape index (κ3) is 2.07. The van der Waals surface area contributed by atoms with E-state index >= 15 is 0 Å². The summed E-state index contributed by atoms with van der Waals surface area (Å²) in [6.45, 7) is 2.34. The van der Waals surface area contributed by atoms with Gasteiger partial charge < -0.3 is 15.0 Å². The maximum atomic E-state index is 5.34. The highest BCUT2D eigenvalue weighted by molar-refractivity contribution is 5.60. The standard InChI is InChI=1S/C15H22N2O/c1-17-7-3-4-12(17)8-11-10-16-15-6-5-13(18-2)9-14(11)15/h5-6,9,11-12,16H,3-4,7-8,10H2,1-2H3/t11?,12-/m0/s1. The molecule has 0 spiro atoms. The number of fused-ring (bicyclic) bond motifs is 1. The predicted octanol–water partition coefficient (Wildman–Crippen LogP) is 2.69. The van der Waals surface area contributed by atoms with E-state index in [9.17, 15) is 0 Å². The number of methoxy groups -OCH3 is 1. The summed E-state index contributed by atoms with van der Waals surface area (Å²) in [5.41, 5.74) is 2.73. The quantitative estimate of drug-likeness (QED) is 0.887. The number of benzene rings is 1. The SMILES string of the molecule is COc1ccc2c(c1)C(C[C@@H]1CCCN1C)CN2. The second kappa shape index (κ2) is 4.81. The molecule has 0 radical (unpaired) electrons. The fourth-order valence-electron chi connectivity index (χ4n) is 3.33. The molecule has 2 heterocycles. The Bertz CT molecular complexity index is 433. The van der Waals surface area contributed by atoms with Gasteiger partial charge in [-0.2, -0.15) is 0 Å². The summed E-state index contributed by atoms with van der Waals surface area (Å²) >= 11 is 0. The van der Waals surface area contributed by atoms with E-state index < -0.39 is 0 Å². The summed E-state index contributed by atoms with van der Waals surface area (Å²) in [5.74, 6) is 1.61. The van der Waals surface area contributed by atoms with Crippen LogP contribution in [0.15, 0.2) is 18.2 Å². The fourth-order valence-corrected chi connectivity index (χ4v) is 3.33. The molecule has 0 aromatic heterocycles. The number of hydrogen-bond acceptors (Lipinski definition) is 3. The molecule has 1 unspecified atom stereocenters. The minimum Gasteiger partial charge on any atom is -0.497 e. The maximum Gasteiger partial charge on any atom is 0.119 e. The van der Waals surface area contributed by atoms with Crippen LogP contribution in [0.4, 0.5) is 5.69 Å². The molecule has 98 valence electrons. The Morgan fingerprint density at radius 1 is 1.44 bits per heavy atom. The number of likely N-dealkylation sites (tertiary alicyclic amines) is 1. The van der Waals surface area contributed by atoms with Gasteiger partial charge in [0.25, 0.3) is 0 Å². The van der Waals surface area contributed by atoms with Gasteiger partial charge in [0.05, 0.1) is 7.11 Å². The topological polar surface area (TPSA) is 24.5 Å². The van der Waals surface area contributed by atoms with Gasteiger partial charge >= 0.3 is 0 Å². The molecule has 1 aromatic rings. The summed E-state index contributed by atoms with van der Waals surface area (Å²) < 4.78 is 5.34. The van der Waals surface area contributed by atoms with Crippen molar-refractivity contribution in [2.75, 3.05) is 32.6 Å². The molecule has 0 aliphatic carbocycles. The van der Waals surface area contributed by atoms with E-state index in [1.165, 1.54) is 37.1 Å². The van der Waals surface area contributed by atoms with E-state index in [1.54, 1.807) is 7.11 Å². The second-order valence-corrected chi connectivity index (χ2v) is 5.54. The lowest BCUT2D eigenvalue weighted by Crippen LogP contribution is -2.27. The molecular formula is C15H22N2O. The summed E-state index contributed by atoms with van der Waals surface area (Å²) in [6, 6.07) is 7.14. The van der Waals surface area contributed by atoms with Gasteiger partial charge in [0.15, 0.2) is 0 Å². The molecule has 2 aliphatic heterocycles. The Balaban J connectivity index is 1.76. The zero-order chi connectivity index (χ0) is 12.5. The summed E-state index contributed by atoms with van der Waals surface area (Å²) in [7, 11) is 4.00. The molecule has 2 aliphatic rings. The Morgan fingerprint density at radius 3 is 3.06 bits per heavy atom. The van der Waals surface area contributed by atoms with Crippen molar-refractivity contribution >= 4 is 5.69 Å². The largest absolute Gasteiger partial charge is 0.497 e. The van der Waals surface area contributed by atoms with Crippen molar-refractivity contribution in [1.82, 2.24) is 4.90 Å². The zero-order valence-corrected chi connectivity index (χ0v) is 11.3. The van der Waals surface area contributed by atoms with Gasteiger partial charge in [-0.05, 0) is 56.6 Å². The highest BCUT2D eigenvalue weighted by Gasteiger charge is 2.29. The second-order valence-electron chi connectivity index (χ2n) is 5.54. The van der Waals surface area contributed by atoms with Gasteiger partial charge in [-0.1, -0.05) is 0 Å². The van der Waals surface area contributed by atoms with E-state index in [-0.39, 0.29) is 0 Å². The van der Waals surface area contributed by atoms with Crippen molar-refractivity contribution in [2.24, 2.45) is 0 Å². The van der Waals surface area contributed by atoms with Crippen LogP contribution in [0.3, 0.4) is 0 Å². The average molecular weight is 246 g/mol. The Labute approximate surface area is 109 Å². The van der Waals surface area contributed by atoms with Crippen LogP contribution in [0.1, 0.15) is 30.7 Å². The van der Waals surface area contributed by atoms with Crippen LogP contribution in [0.5, 0.6) is 5.75 Å². The lowest BCUT2D eigenvalue weighted by atomic mass is 9.93. The Hall–Kier alpha value is -1.22. The molecule has 1 N–H and O–H groups in total. The van der Waals surface area contributed by atoms with Gasteiger partial charge in [-0.15, -0.1) is 0 Å². The number of hydrogen-bond donors (Lipinski definition) is 1. The van der Waals surface area contributed by atoms with Crippen LogP contribution in [0, 0.1) is 0 Å². The van der Waals surface area contributed by atoms with Gasteiger partial charge in [-0.3, -0.25) is 0 Å². The molecule has 0 bridgehead atoms. The van der Waals surface area contributed by atoms with Gasteiger partial charge in [0.2, 0.25) is 0 Å². The molecule has 3 rings (SSSR count). The molecule has 1 saturated heterocycles. The molecule has 2 atom stereocenters. The van der Waals surface area contributed by atoms with Crippen molar-refractivity contribution in [3.63, 3.8) is 0 Å². The first-order valence-electron chi connectivity index (χ1n) is 6.90. The molecule has 3 heteroatoms. The van der Waals surface area contributed by atoms with Crippen LogP contribution < -0.4 is 10.1 Å².